The summed E-state index contributed by atoms with van der Waals surface area (Å²) in [7, 11) is 3.51. The third-order valence-electron chi connectivity index (χ3n) is 5.17. The third-order valence-corrected chi connectivity index (χ3v) is 6.29. The highest BCUT2D eigenvalue weighted by molar-refractivity contribution is 7.17. The number of carbonyl (C=O) groups is 2. The lowest BCUT2D eigenvalue weighted by Crippen LogP contribution is -2.48. The molecule has 8 nitrogen and oxygen atoms in total. The molecule has 0 saturated carbocycles. The van der Waals surface area contributed by atoms with Crippen molar-refractivity contribution in [2.45, 2.75) is 32.2 Å². The van der Waals surface area contributed by atoms with Crippen LogP contribution in [0, 0.1) is 0 Å². The van der Waals surface area contributed by atoms with Crippen molar-refractivity contribution in [3.63, 3.8) is 0 Å². The van der Waals surface area contributed by atoms with Crippen molar-refractivity contribution in [2.75, 3.05) is 44.0 Å². The van der Waals surface area contributed by atoms with E-state index < -0.39 is 0 Å². The number of nitrogens with one attached hydrogen (secondary N) is 2. The van der Waals surface area contributed by atoms with Crippen LogP contribution in [0.5, 0.6) is 5.75 Å². The van der Waals surface area contributed by atoms with E-state index in [4.69, 9.17) is 9.72 Å². The molecule has 30 heavy (non-hydrogen) atoms. The first-order valence-electron chi connectivity index (χ1n) is 10.0. The van der Waals surface area contributed by atoms with E-state index in [0.29, 0.717) is 31.0 Å². The molecule has 1 aromatic carbocycles. The van der Waals surface area contributed by atoms with Gasteiger partial charge in [0.25, 0.3) is 5.91 Å². The molecule has 160 valence electrons. The van der Waals surface area contributed by atoms with Gasteiger partial charge in [0.05, 0.1) is 17.9 Å². The van der Waals surface area contributed by atoms with Crippen molar-refractivity contribution < 1.29 is 14.3 Å². The summed E-state index contributed by atoms with van der Waals surface area (Å²) in [5.74, 6) is 0.802. The van der Waals surface area contributed by atoms with Crippen LogP contribution in [0.2, 0.25) is 0 Å². The summed E-state index contributed by atoms with van der Waals surface area (Å²) < 4.78 is 5.88. The second-order valence-corrected chi connectivity index (χ2v) is 9.41. The van der Waals surface area contributed by atoms with Crippen LogP contribution in [-0.4, -0.2) is 61.0 Å². The third kappa shape index (κ3) is 4.07. The van der Waals surface area contributed by atoms with Gasteiger partial charge in [-0.15, -0.1) is 0 Å². The Bertz CT molecular complexity index is 985. The maximum atomic E-state index is 12.5. The van der Waals surface area contributed by atoms with Crippen LogP contribution >= 0.6 is 11.3 Å². The van der Waals surface area contributed by atoms with Crippen LogP contribution in [-0.2, 0) is 11.2 Å². The first kappa shape index (κ1) is 20.5. The summed E-state index contributed by atoms with van der Waals surface area (Å²) in [6.07, 6.45) is 1.15. The molecular weight excluding hydrogens is 402 g/mol. The van der Waals surface area contributed by atoms with E-state index in [1.165, 1.54) is 11.3 Å². The van der Waals surface area contributed by atoms with Crippen molar-refractivity contribution in [3.05, 3.63) is 28.8 Å². The molecule has 0 bridgehead atoms. The topological polar surface area (TPSA) is 86.8 Å². The number of ether oxygens (including phenoxy) is 1. The number of thiazole rings is 1. The lowest BCUT2D eigenvalue weighted by molar-refractivity contribution is -0.128. The van der Waals surface area contributed by atoms with E-state index in [9.17, 15) is 9.59 Å². The molecule has 2 amide bonds. The van der Waals surface area contributed by atoms with E-state index in [1.807, 2.05) is 32.0 Å². The van der Waals surface area contributed by atoms with E-state index in [2.05, 4.69) is 15.5 Å². The number of carbonyl (C=O) groups excluding carboxylic acids is 2. The van der Waals surface area contributed by atoms with Crippen molar-refractivity contribution >= 4 is 39.7 Å². The van der Waals surface area contributed by atoms with Crippen molar-refractivity contribution in [2.24, 2.45) is 0 Å². The van der Waals surface area contributed by atoms with Crippen LogP contribution < -0.4 is 20.3 Å². The van der Waals surface area contributed by atoms with Gasteiger partial charge in [-0.3, -0.25) is 9.59 Å². The maximum absolute atomic E-state index is 12.5. The fraction of sp³-hybridized carbons (Fsp3) is 0.476. The molecule has 0 spiro atoms. The summed E-state index contributed by atoms with van der Waals surface area (Å²) in [6.45, 7) is 5.80. The van der Waals surface area contributed by atoms with Gasteiger partial charge in [0.2, 0.25) is 5.91 Å². The number of benzene rings is 1. The Morgan fingerprint density at radius 3 is 2.97 bits per heavy atom. The summed E-state index contributed by atoms with van der Waals surface area (Å²) in [5, 5.41) is 7.13. The van der Waals surface area contributed by atoms with Gasteiger partial charge in [-0.1, -0.05) is 11.3 Å². The zero-order chi connectivity index (χ0) is 21.5. The highest BCUT2D eigenvalue weighted by Crippen LogP contribution is 2.41. The van der Waals surface area contributed by atoms with Crippen LogP contribution in [0.15, 0.2) is 18.2 Å². The molecular formula is C21H27N5O3S. The molecule has 2 aliphatic rings. The Morgan fingerprint density at radius 2 is 2.20 bits per heavy atom. The van der Waals surface area contributed by atoms with Gasteiger partial charge in [0.1, 0.15) is 17.2 Å². The van der Waals surface area contributed by atoms with Gasteiger partial charge in [-0.2, -0.15) is 0 Å². The van der Waals surface area contributed by atoms with Crippen LogP contribution in [0.1, 0.15) is 35.6 Å². The molecule has 0 aliphatic carbocycles. The predicted molar refractivity (Wildman–Crippen MR) is 118 cm³/mol. The minimum absolute atomic E-state index is 0.0506. The standard InChI is InChI=1S/C21H27N5O3S/c1-21(2)12-14-18(19(28)24-21)30-20(23-14)26-9-10-29-16-11-13(5-6-15(16)26)22-8-7-17(27)25(3)4/h5-6,11,22H,7-10,12H2,1-4H3,(H,24,28). The molecule has 2 N–H and O–H groups in total. The summed E-state index contributed by atoms with van der Waals surface area (Å²) in [4.78, 5) is 33.4. The van der Waals surface area contributed by atoms with Crippen molar-refractivity contribution in [1.29, 1.82) is 0 Å². The van der Waals surface area contributed by atoms with Gasteiger partial charge in [-0.05, 0) is 26.0 Å². The predicted octanol–water partition coefficient (Wildman–Crippen LogP) is 2.63. The molecule has 0 radical (unpaired) electrons. The highest BCUT2D eigenvalue weighted by Gasteiger charge is 2.34. The summed E-state index contributed by atoms with van der Waals surface area (Å²) in [6, 6.07) is 5.92. The molecule has 3 heterocycles. The second kappa shape index (κ2) is 7.79. The van der Waals surface area contributed by atoms with Gasteiger partial charge >= 0.3 is 0 Å². The molecule has 1 aromatic heterocycles. The Balaban J connectivity index is 1.52. The van der Waals surface area contributed by atoms with E-state index in [0.717, 1.165) is 34.4 Å². The van der Waals surface area contributed by atoms with Crippen LogP contribution in [0.3, 0.4) is 0 Å². The minimum atomic E-state index is -0.285. The summed E-state index contributed by atoms with van der Waals surface area (Å²) >= 11 is 1.43. The normalized spacial score (nSPS) is 16.8. The summed E-state index contributed by atoms with van der Waals surface area (Å²) in [5.41, 5.74) is 2.41. The number of nitrogens with zero attached hydrogens (tertiary/aromatic N) is 3. The number of aromatic nitrogens is 1. The van der Waals surface area contributed by atoms with E-state index in [-0.39, 0.29) is 17.4 Å². The highest BCUT2D eigenvalue weighted by atomic mass is 32.1. The smallest absolute Gasteiger partial charge is 0.263 e. The molecule has 0 fully saturated rings. The molecule has 0 atom stereocenters. The van der Waals surface area contributed by atoms with E-state index in [1.54, 1.807) is 19.0 Å². The number of rotatable bonds is 5. The lowest BCUT2D eigenvalue weighted by atomic mass is 9.94. The largest absolute Gasteiger partial charge is 0.489 e. The number of amides is 2. The van der Waals surface area contributed by atoms with Gasteiger partial charge in [-0.25, -0.2) is 4.98 Å². The van der Waals surface area contributed by atoms with Gasteiger partial charge < -0.3 is 25.2 Å². The molecule has 9 heteroatoms. The average Bonchev–Trinajstić information content (AvgIpc) is 3.10. The monoisotopic (exact) mass is 429 g/mol. The fourth-order valence-corrected chi connectivity index (χ4v) is 4.66. The number of anilines is 3. The number of hydrogen-bond donors (Lipinski definition) is 2. The number of fused-ring (bicyclic) bond motifs is 2. The molecule has 0 unspecified atom stereocenters. The zero-order valence-corrected chi connectivity index (χ0v) is 18.6. The second-order valence-electron chi connectivity index (χ2n) is 8.43. The van der Waals surface area contributed by atoms with Gasteiger partial charge in [0.15, 0.2) is 5.13 Å². The molecule has 0 saturated heterocycles. The molecule has 2 aliphatic heterocycles. The number of hydrogen-bond acceptors (Lipinski definition) is 7. The zero-order valence-electron chi connectivity index (χ0n) is 17.7. The quantitative estimate of drug-likeness (QED) is 0.760. The Morgan fingerprint density at radius 1 is 1.40 bits per heavy atom. The van der Waals surface area contributed by atoms with Crippen molar-refractivity contribution in [3.8, 4) is 5.75 Å². The average molecular weight is 430 g/mol. The minimum Gasteiger partial charge on any atom is -0.489 e. The molecule has 2 aromatic rings. The van der Waals surface area contributed by atoms with Gasteiger partial charge in [0, 0.05) is 50.8 Å². The van der Waals surface area contributed by atoms with E-state index >= 15 is 0 Å². The Kier molecular flexibility index (Phi) is 5.31. The van der Waals surface area contributed by atoms with Crippen molar-refractivity contribution in [1.82, 2.24) is 15.2 Å². The maximum Gasteiger partial charge on any atom is 0.263 e. The first-order chi connectivity index (χ1) is 14.2. The van der Waals surface area contributed by atoms with Crippen LogP contribution in [0.25, 0.3) is 0 Å². The molecule has 4 rings (SSSR count). The Labute approximate surface area is 180 Å². The first-order valence-corrected chi connectivity index (χ1v) is 10.9. The Hall–Kier alpha value is -2.81. The fourth-order valence-electron chi connectivity index (χ4n) is 3.64. The van der Waals surface area contributed by atoms with Crippen LogP contribution in [0.4, 0.5) is 16.5 Å². The lowest BCUT2D eigenvalue weighted by Gasteiger charge is -2.29. The SMILES string of the molecule is CN(C)C(=O)CCNc1ccc2c(c1)OCCN2c1nc2c(s1)C(=O)NC(C)(C)C2.